The van der Waals surface area contributed by atoms with E-state index in [1.807, 2.05) is 26.2 Å². The van der Waals surface area contributed by atoms with Crippen molar-refractivity contribution >= 4 is 54.8 Å². The Kier molecular flexibility index (Phi) is 10.8. The largest absolute Gasteiger partial charge is 0.362 e. The van der Waals surface area contributed by atoms with Crippen molar-refractivity contribution in [2.24, 2.45) is 17.8 Å². The maximum Gasteiger partial charge on any atom is 0.231 e. The van der Waals surface area contributed by atoms with Crippen molar-refractivity contribution in [2.75, 3.05) is 66.2 Å². The van der Waals surface area contributed by atoms with E-state index in [-0.39, 0.29) is 35.6 Å². The maximum absolute atomic E-state index is 12.4. The molecule has 0 aromatic carbocycles. The lowest BCUT2D eigenvalue weighted by molar-refractivity contribution is -0.120. The van der Waals surface area contributed by atoms with Gasteiger partial charge in [-0.2, -0.15) is 10.5 Å². The first kappa shape index (κ1) is 31.8. The molecule has 236 valence electrons. The normalized spacial score (nSPS) is 25.1. The summed E-state index contributed by atoms with van der Waals surface area (Å²) >= 11 is 3.08. The van der Waals surface area contributed by atoms with E-state index in [0.717, 1.165) is 42.6 Å². The lowest BCUT2D eigenvalue weighted by atomic mass is 9.97. The highest BCUT2D eigenvalue weighted by Gasteiger charge is 2.35. The highest BCUT2D eigenvalue weighted by Crippen LogP contribution is 2.32. The number of nitrogens with zero attached hydrogens (tertiary/aromatic N) is 8. The summed E-state index contributed by atoms with van der Waals surface area (Å²) in [6, 6.07) is 0.140. The molecule has 0 saturated carbocycles. The van der Waals surface area contributed by atoms with Gasteiger partial charge in [-0.05, 0) is 57.8 Å². The molecule has 4 aliphatic heterocycles. The standard InChI is InChI=1S/2C15H21N5OS/c1-11-8-19(10-16)9-12(11)14(21)18-15-17-7-13(22-15)20-5-3-2-4-6-20;1-11-7-12(9-20(11)10-16)14(21)18-15-17-8-13(22-15)19-5-3-2-4-6-19/h7,11-12H,2-6,8-9H2,1H3,(H,17,18,21);8,11-12H,2-7,9H2,1H3,(H,17,18,21). The van der Waals surface area contributed by atoms with Gasteiger partial charge in [0.15, 0.2) is 22.6 Å². The summed E-state index contributed by atoms with van der Waals surface area (Å²) in [5.41, 5.74) is 0. The minimum atomic E-state index is -0.137. The summed E-state index contributed by atoms with van der Waals surface area (Å²) in [6.45, 7) is 9.97. The van der Waals surface area contributed by atoms with Crippen molar-refractivity contribution < 1.29 is 9.59 Å². The quantitative estimate of drug-likeness (QED) is 0.437. The Morgan fingerprint density at radius 2 is 1.34 bits per heavy atom. The summed E-state index contributed by atoms with van der Waals surface area (Å²) in [5.74, 6) is -0.117. The second-order valence-electron chi connectivity index (χ2n) is 12.2. The van der Waals surface area contributed by atoms with Crippen molar-refractivity contribution in [3.05, 3.63) is 12.4 Å². The molecule has 2 amide bonds. The molecule has 4 aliphatic rings. The predicted octanol–water partition coefficient (Wildman–Crippen LogP) is 4.38. The Bertz CT molecular complexity index is 1350. The lowest BCUT2D eigenvalue weighted by Gasteiger charge is -2.26. The molecule has 44 heavy (non-hydrogen) atoms. The van der Waals surface area contributed by atoms with Crippen LogP contribution in [0.4, 0.5) is 20.3 Å². The number of hydrogen-bond acceptors (Lipinski definition) is 12. The second kappa shape index (κ2) is 14.9. The van der Waals surface area contributed by atoms with Gasteiger partial charge in [0.25, 0.3) is 0 Å². The molecule has 4 saturated heterocycles. The second-order valence-corrected chi connectivity index (χ2v) is 14.2. The number of likely N-dealkylation sites (tertiary alicyclic amines) is 2. The molecule has 2 N–H and O–H groups in total. The van der Waals surface area contributed by atoms with E-state index >= 15 is 0 Å². The fourth-order valence-corrected chi connectivity index (χ4v) is 8.07. The van der Waals surface area contributed by atoms with Crippen LogP contribution in [0.25, 0.3) is 0 Å². The van der Waals surface area contributed by atoms with E-state index in [9.17, 15) is 9.59 Å². The SMILES string of the molecule is CC1CC(C(=O)Nc2ncc(N3CCCCC3)s2)CN1C#N.CC1CN(C#N)CC1C(=O)Nc1ncc(N2CCCCC2)s1. The van der Waals surface area contributed by atoms with Crippen LogP contribution in [0.3, 0.4) is 0 Å². The summed E-state index contributed by atoms with van der Waals surface area (Å²) in [6.07, 6.45) is 16.2. The third kappa shape index (κ3) is 7.90. The molecule has 0 spiro atoms. The molecular formula is C30H42N10O2S2. The van der Waals surface area contributed by atoms with Gasteiger partial charge < -0.3 is 30.2 Å². The van der Waals surface area contributed by atoms with Crippen LogP contribution >= 0.6 is 22.7 Å². The number of anilines is 4. The van der Waals surface area contributed by atoms with Gasteiger partial charge in [-0.3, -0.25) is 9.59 Å². The summed E-state index contributed by atoms with van der Waals surface area (Å²) < 4.78 is 0. The number of nitrogens with one attached hydrogen (secondary N) is 2. The van der Waals surface area contributed by atoms with Gasteiger partial charge >= 0.3 is 0 Å². The Balaban J connectivity index is 0.000000175. The smallest absolute Gasteiger partial charge is 0.231 e. The fraction of sp³-hybridized carbons (Fsp3) is 0.667. The van der Waals surface area contributed by atoms with E-state index in [1.165, 1.54) is 61.2 Å². The van der Waals surface area contributed by atoms with Crippen LogP contribution in [0.15, 0.2) is 12.4 Å². The number of nitriles is 2. The zero-order chi connectivity index (χ0) is 31.1. The molecule has 0 radical (unpaired) electrons. The Morgan fingerprint density at radius 3 is 1.82 bits per heavy atom. The predicted molar refractivity (Wildman–Crippen MR) is 173 cm³/mol. The minimum absolute atomic E-state index is 0.0233. The number of hydrogen-bond donors (Lipinski definition) is 2. The molecule has 0 bridgehead atoms. The van der Waals surface area contributed by atoms with E-state index in [4.69, 9.17) is 10.5 Å². The molecule has 14 heteroatoms. The van der Waals surface area contributed by atoms with Crippen molar-refractivity contribution in [2.45, 2.75) is 64.8 Å². The number of carbonyl (C=O) groups is 2. The molecule has 2 aromatic rings. The van der Waals surface area contributed by atoms with Gasteiger partial charge in [0.2, 0.25) is 11.8 Å². The van der Waals surface area contributed by atoms with Gasteiger partial charge in [-0.1, -0.05) is 29.6 Å². The highest BCUT2D eigenvalue weighted by molar-refractivity contribution is 7.20. The first-order valence-electron chi connectivity index (χ1n) is 15.7. The number of thiazole rings is 2. The van der Waals surface area contributed by atoms with E-state index in [0.29, 0.717) is 29.9 Å². The number of carbonyl (C=O) groups excluding carboxylic acids is 2. The maximum atomic E-state index is 12.4. The lowest BCUT2D eigenvalue weighted by Crippen LogP contribution is -2.28. The van der Waals surface area contributed by atoms with Crippen LogP contribution in [0.5, 0.6) is 0 Å². The number of rotatable bonds is 6. The van der Waals surface area contributed by atoms with Gasteiger partial charge in [-0.15, -0.1) is 0 Å². The number of aromatic nitrogens is 2. The first-order chi connectivity index (χ1) is 21.3. The van der Waals surface area contributed by atoms with Crippen molar-refractivity contribution in [3.63, 3.8) is 0 Å². The topological polar surface area (TPSA) is 145 Å². The fourth-order valence-electron chi connectivity index (χ4n) is 6.32. The van der Waals surface area contributed by atoms with Crippen LogP contribution in [-0.2, 0) is 9.59 Å². The molecule has 6 heterocycles. The average molecular weight is 639 g/mol. The van der Waals surface area contributed by atoms with Crippen molar-refractivity contribution in [3.8, 4) is 12.4 Å². The average Bonchev–Trinajstić information content (AvgIpc) is 3.85. The molecule has 0 aliphatic carbocycles. The summed E-state index contributed by atoms with van der Waals surface area (Å²) in [5, 5.41) is 27.4. The summed E-state index contributed by atoms with van der Waals surface area (Å²) in [4.78, 5) is 41.4. The Morgan fingerprint density at radius 1 is 0.795 bits per heavy atom. The Labute approximate surface area is 267 Å². The molecule has 6 rings (SSSR count). The van der Waals surface area contributed by atoms with Crippen LogP contribution < -0.4 is 20.4 Å². The van der Waals surface area contributed by atoms with Gasteiger partial charge in [0.05, 0.1) is 24.2 Å². The van der Waals surface area contributed by atoms with Crippen molar-refractivity contribution in [1.29, 1.82) is 10.5 Å². The van der Waals surface area contributed by atoms with Gasteiger partial charge in [-0.25, -0.2) is 9.97 Å². The molecular weight excluding hydrogens is 597 g/mol. The van der Waals surface area contributed by atoms with Crippen molar-refractivity contribution in [1.82, 2.24) is 19.8 Å². The number of amides is 2. The van der Waals surface area contributed by atoms with E-state index in [2.05, 4.69) is 42.8 Å². The van der Waals surface area contributed by atoms with E-state index in [1.54, 1.807) is 9.80 Å². The zero-order valence-electron chi connectivity index (χ0n) is 25.6. The summed E-state index contributed by atoms with van der Waals surface area (Å²) in [7, 11) is 0. The first-order valence-corrected chi connectivity index (χ1v) is 17.3. The third-order valence-electron chi connectivity index (χ3n) is 8.95. The highest BCUT2D eigenvalue weighted by atomic mass is 32.1. The zero-order valence-corrected chi connectivity index (χ0v) is 27.2. The van der Waals surface area contributed by atoms with E-state index < -0.39 is 0 Å². The number of piperidine rings is 2. The van der Waals surface area contributed by atoms with Gasteiger partial charge in [0.1, 0.15) is 10.0 Å². The molecule has 4 atom stereocenters. The minimum Gasteiger partial charge on any atom is -0.362 e. The molecule has 4 fully saturated rings. The molecule has 2 aromatic heterocycles. The monoisotopic (exact) mass is 638 g/mol. The third-order valence-corrected chi connectivity index (χ3v) is 10.9. The van der Waals surface area contributed by atoms with Gasteiger partial charge in [0, 0.05) is 51.9 Å². The molecule has 4 unspecified atom stereocenters. The Hall–Kier alpha value is -3.62. The van der Waals surface area contributed by atoms with Crippen LogP contribution in [0.1, 0.15) is 58.8 Å². The van der Waals surface area contributed by atoms with Crippen LogP contribution in [0, 0.1) is 40.7 Å². The molecule has 12 nitrogen and oxygen atoms in total. The van der Waals surface area contributed by atoms with Crippen LogP contribution in [-0.4, -0.2) is 83.4 Å². The van der Waals surface area contributed by atoms with Crippen LogP contribution in [0.2, 0.25) is 0 Å².